The van der Waals surface area contributed by atoms with Gasteiger partial charge in [0.1, 0.15) is 11.8 Å². The molecule has 0 bridgehead atoms. The summed E-state index contributed by atoms with van der Waals surface area (Å²) < 4.78 is 21.2. The summed E-state index contributed by atoms with van der Waals surface area (Å²) in [6.45, 7) is 4.94. The van der Waals surface area contributed by atoms with E-state index >= 15 is 4.39 Å². The molecule has 1 aromatic heterocycles. The van der Waals surface area contributed by atoms with Gasteiger partial charge < -0.3 is 24.8 Å². The van der Waals surface area contributed by atoms with E-state index in [9.17, 15) is 0 Å². The van der Waals surface area contributed by atoms with Crippen LogP contribution in [0.25, 0.3) is 0 Å². The zero-order chi connectivity index (χ0) is 19.5. The van der Waals surface area contributed by atoms with Crippen molar-refractivity contribution in [2.45, 2.75) is 6.10 Å². The Kier molecular flexibility index (Phi) is 5.59. The molecule has 1 unspecified atom stereocenters. The summed E-state index contributed by atoms with van der Waals surface area (Å²) in [5, 5.41) is 3.25. The number of rotatable bonds is 4. The van der Waals surface area contributed by atoms with Crippen LogP contribution in [-0.2, 0) is 4.74 Å². The van der Waals surface area contributed by atoms with Crippen LogP contribution >= 0.6 is 0 Å². The number of benzene rings is 1. The second-order valence-electron chi connectivity index (χ2n) is 7.31. The molecule has 2 aromatic rings. The van der Waals surface area contributed by atoms with Gasteiger partial charge in [-0.05, 0) is 12.1 Å². The number of ether oxygens (including phenoxy) is 1. The molecule has 0 amide bonds. The first kappa shape index (κ1) is 18.9. The SMILES string of the molecule is CN(C)c1nc(C2CNCCO2)c(F)c(N2CCN(c3ccccc3)CC2)n1. The number of para-hydroxylation sites is 1. The number of nitrogens with one attached hydrogen (secondary N) is 1. The van der Waals surface area contributed by atoms with Crippen LogP contribution in [0, 0.1) is 5.82 Å². The Morgan fingerprint density at radius 2 is 1.79 bits per heavy atom. The molecular formula is C20H27FN6O. The molecule has 7 nitrogen and oxygen atoms in total. The van der Waals surface area contributed by atoms with Crippen LogP contribution in [0.15, 0.2) is 30.3 Å². The fourth-order valence-corrected chi connectivity index (χ4v) is 3.62. The Bertz CT molecular complexity index is 789. The molecule has 1 atom stereocenters. The average molecular weight is 386 g/mol. The first-order chi connectivity index (χ1) is 13.6. The summed E-state index contributed by atoms with van der Waals surface area (Å²) in [4.78, 5) is 15.1. The Morgan fingerprint density at radius 1 is 1.07 bits per heavy atom. The lowest BCUT2D eigenvalue weighted by atomic mass is 10.2. The highest BCUT2D eigenvalue weighted by atomic mass is 19.1. The monoisotopic (exact) mass is 386 g/mol. The molecule has 150 valence electrons. The van der Waals surface area contributed by atoms with Gasteiger partial charge >= 0.3 is 0 Å². The first-order valence-electron chi connectivity index (χ1n) is 9.75. The summed E-state index contributed by atoms with van der Waals surface area (Å²) in [7, 11) is 3.74. The molecule has 0 spiro atoms. The number of halogens is 1. The molecule has 28 heavy (non-hydrogen) atoms. The van der Waals surface area contributed by atoms with Crippen molar-refractivity contribution in [1.82, 2.24) is 15.3 Å². The fraction of sp³-hybridized carbons (Fsp3) is 0.500. The third kappa shape index (κ3) is 3.88. The van der Waals surface area contributed by atoms with Gasteiger partial charge in [0.2, 0.25) is 5.95 Å². The van der Waals surface area contributed by atoms with Crippen LogP contribution in [0.3, 0.4) is 0 Å². The molecule has 2 aliphatic heterocycles. The van der Waals surface area contributed by atoms with Crippen molar-refractivity contribution in [3.05, 3.63) is 41.8 Å². The Labute approximate surface area is 165 Å². The second-order valence-corrected chi connectivity index (χ2v) is 7.31. The lowest BCUT2D eigenvalue weighted by molar-refractivity contribution is 0.0226. The van der Waals surface area contributed by atoms with Crippen LogP contribution in [-0.4, -0.2) is 69.9 Å². The van der Waals surface area contributed by atoms with E-state index in [0.29, 0.717) is 43.7 Å². The van der Waals surface area contributed by atoms with Gasteiger partial charge in [0.15, 0.2) is 11.6 Å². The normalized spacial score (nSPS) is 20.3. The van der Waals surface area contributed by atoms with Gasteiger partial charge in [0.05, 0.1) is 6.61 Å². The molecule has 1 N–H and O–H groups in total. The summed E-state index contributed by atoms with van der Waals surface area (Å²) in [5.74, 6) is 0.508. The highest BCUT2D eigenvalue weighted by Crippen LogP contribution is 2.29. The molecule has 1 aromatic carbocycles. The van der Waals surface area contributed by atoms with Crippen molar-refractivity contribution in [1.29, 1.82) is 0 Å². The zero-order valence-corrected chi connectivity index (χ0v) is 16.4. The number of morpholine rings is 1. The van der Waals surface area contributed by atoms with Crippen LogP contribution in [0.2, 0.25) is 0 Å². The predicted octanol–water partition coefficient (Wildman–Crippen LogP) is 1.67. The number of hydrogen-bond acceptors (Lipinski definition) is 7. The summed E-state index contributed by atoms with van der Waals surface area (Å²) in [6.07, 6.45) is -0.389. The number of nitrogens with zero attached hydrogens (tertiary/aromatic N) is 5. The van der Waals surface area contributed by atoms with E-state index in [4.69, 9.17) is 4.74 Å². The van der Waals surface area contributed by atoms with Gasteiger partial charge in [-0.3, -0.25) is 0 Å². The number of aromatic nitrogens is 2. The molecule has 3 heterocycles. The highest BCUT2D eigenvalue weighted by Gasteiger charge is 2.29. The Hall–Kier alpha value is -2.45. The molecule has 8 heteroatoms. The lowest BCUT2D eigenvalue weighted by Crippen LogP contribution is -2.47. The minimum atomic E-state index is -0.389. The minimum Gasteiger partial charge on any atom is -0.369 e. The quantitative estimate of drug-likeness (QED) is 0.858. The van der Waals surface area contributed by atoms with Crippen molar-refractivity contribution in [2.24, 2.45) is 0 Å². The standard InChI is InChI=1S/C20H27FN6O/c1-25(2)20-23-18(16-14-22-8-13-28-16)17(21)19(24-20)27-11-9-26(10-12-27)15-6-4-3-5-7-15/h3-7,16,22H,8-14H2,1-2H3. The second kappa shape index (κ2) is 8.28. The molecule has 2 fully saturated rings. The van der Waals surface area contributed by atoms with Gasteiger partial charge in [-0.1, -0.05) is 18.2 Å². The van der Waals surface area contributed by atoms with E-state index in [1.54, 1.807) is 0 Å². The molecular weight excluding hydrogens is 359 g/mol. The number of hydrogen-bond donors (Lipinski definition) is 1. The minimum absolute atomic E-state index is 0.339. The van der Waals surface area contributed by atoms with Crippen LogP contribution in [0.5, 0.6) is 0 Å². The van der Waals surface area contributed by atoms with Crippen LogP contribution < -0.4 is 20.0 Å². The molecule has 0 aliphatic carbocycles. The third-order valence-electron chi connectivity index (χ3n) is 5.18. The van der Waals surface area contributed by atoms with Gasteiger partial charge in [0.25, 0.3) is 0 Å². The van der Waals surface area contributed by atoms with Crippen LogP contribution in [0.1, 0.15) is 11.8 Å². The van der Waals surface area contributed by atoms with Gasteiger partial charge in [0, 0.05) is 59.1 Å². The van der Waals surface area contributed by atoms with Crippen molar-refractivity contribution < 1.29 is 9.13 Å². The Balaban J connectivity index is 1.57. The number of piperazine rings is 1. The smallest absolute Gasteiger partial charge is 0.227 e. The summed E-state index contributed by atoms with van der Waals surface area (Å²) >= 11 is 0. The lowest BCUT2D eigenvalue weighted by Gasteiger charge is -2.37. The van der Waals surface area contributed by atoms with Gasteiger partial charge in [-0.15, -0.1) is 0 Å². The van der Waals surface area contributed by atoms with Crippen molar-refractivity contribution in [3.63, 3.8) is 0 Å². The summed E-state index contributed by atoms with van der Waals surface area (Å²) in [6, 6.07) is 10.3. The van der Waals surface area contributed by atoms with Crippen molar-refractivity contribution in [3.8, 4) is 0 Å². The third-order valence-corrected chi connectivity index (χ3v) is 5.18. The van der Waals surface area contributed by atoms with Crippen LogP contribution in [0.4, 0.5) is 21.8 Å². The maximum Gasteiger partial charge on any atom is 0.227 e. The molecule has 0 saturated carbocycles. The van der Waals surface area contributed by atoms with Crippen molar-refractivity contribution >= 4 is 17.5 Å². The highest BCUT2D eigenvalue weighted by molar-refractivity contribution is 5.52. The topological polar surface area (TPSA) is 56.8 Å². The van der Waals surface area contributed by atoms with Crippen molar-refractivity contribution in [2.75, 3.05) is 74.7 Å². The summed E-state index contributed by atoms with van der Waals surface area (Å²) in [5.41, 5.74) is 1.54. The predicted molar refractivity (Wildman–Crippen MR) is 109 cm³/mol. The van der Waals surface area contributed by atoms with E-state index < -0.39 is 0 Å². The zero-order valence-electron chi connectivity index (χ0n) is 16.4. The maximum absolute atomic E-state index is 15.4. The number of anilines is 3. The van der Waals surface area contributed by atoms with E-state index in [1.807, 2.05) is 42.1 Å². The van der Waals surface area contributed by atoms with E-state index in [-0.39, 0.29) is 11.9 Å². The maximum atomic E-state index is 15.4. The molecule has 2 saturated heterocycles. The van der Waals surface area contributed by atoms with E-state index in [2.05, 4.69) is 32.3 Å². The molecule has 0 radical (unpaired) electrons. The van der Waals surface area contributed by atoms with Gasteiger partial charge in [-0.25, -0.2) is 9.37 Å². The average Bonchev–Trinajstić information content (AvgIpc) is 2.75. The van der Waals surface area contributed by atoms with E-state index in [0.717, 1.165) is 19.6 Å². The van der Waals surface area contributed by atoms with Gasteiger partial charge in [-0.2, -0.15) is 4.98 Å². The van der Waals surface area contributed by atoms with E-state index in [1.165, 1.54) is 5.69 Å². The largest absolute Gasteiger partial charge is 0.369 e. The molecule has 4 rings (SSSR count). The molecule has 2 aliphatic rings. The Morgan fingerprint density at radius 3 is 2.43 bits per heavy atom. The fourth-order valence-electron chi connectivity index (χ4n) is 3.62. The first-order valence-corrected chi connectivity index (χ1v) is 9.75.